The fraction of sp³-hybridized carbons (Fsp3) is 0.762. The van der Waals surface area contributed by atoms with Gasteiger partial charge >= 0.3 is 35.4 Å². The van der Waals surface area contributed by atoms with Crippen molar-refractivity contribution >= 4 is 35.4 Å². The summed E-state index contributed by atoms with van der Waals surface area (Å²) in [6, 6.07) is 0. The van der Waals surface area contributed by atoms with Gasteiger partial charge in [-0.1, -0.05) is 133 Å². The first-order chi connectivity index (χ1) is 30.3. The number of carbonyl (C=O) groups excluding carboxylic acids is 2. The second-order valence-corrected chi connectivity index (χ2v) is 19.5. The van der Waals surface area contributed by atoms with Crippen LogP contribution in [0.4, 0.5) is 0 Å². The minimum Gasteiger partial charge on any atom is -0.518 e. The molecule has 1 aliphatic rings. The molecule has 1 unspecified atom stereocenters. The van der Waals surface area contributed by atoms with Crippen molar-refractivity contribution in [1.29, 1.82) is 0 Å². The van der Waals surface area contributed by atoms with Gasteiger partial charge in [0.25, 0.3) is 0 Å². The fourth-order valence-corrected chi connectivity index (χ4v) is 8.77. The molecule has 64 heavy (non-hydrogen) atoms. The number of ether oxygens (including phenoxy) is 2. The van der Waals surface area contributed by atoms with E-state index >= 15 is 0 Å². The highest BCUT2D eigenvalue weighted by Crippen LogP contribution is 2.51. The zero-order valence-electron chi connectivity index (χ0n) is 37.0. The summed E-state index contributed by atoms with van der Waals surface area (Å²) >= 11 is 0. The topological polar surface area (TPSA) is 303 Å². The Morgan fingerprint density at radius 2 is 0.984 bits per heavy atom. The number of aliphatic hydroxyl groups excluding tert-OH is 3. The number of phosphoric acid groups is 3. The molecule has 0 heterocycles. The summed E-state index contributed by atoms with van der Waals surface area (Å²) < 4.78 is 65.2. The van der Waals surface area contributed by atoms with Crippen LogP contribution in [0.3, 0.4) is 0 Å². The maximum absolute atomic E-state index is 13.1. The van der Waals surface area contributed by atoms with Crippen molar-refractivity contribution in [1.82, 2.24) is 0 Å². The third kappa shape index (κ3) is 30.4. The number of phosphoric ester groups is 3. The van der Waals surface area contributed by atoms with Crippen molar-refractivity contribution < 1.29 is 90.6 Å². The smallest absolute Gasteiger partial charge is 0.472 e. The van der Waals surface area contributed by atoms with Crippen molar-refractivity contribution in [2.45, 2.75) is 191 Å². The van der Waals surface area contributed by atoms with E-state index in [0.717, 1.165) is 32.1 Å². The van der Waals surface area contributed by atoms with Crippen molar-refractivity contribution in [3.63, 3.8) is 0 Å². The molecule has 0 aliphatic heterocycles. The molecule has 22 heteroatoms. The number of hydrogen-bond donors (Lipinski definition) is 8. The summed E-state index contributed by atoms with van der Waals surface area (Å²) in [4.78, 5) is 73.0. The van der Waals surface area contributed by atoms with Crippen LogP contribution in [0.15, 0.2) is 42.5 Å². The Labute approximate surface area is 378 Å². The third-order valence-electron chi connectivity index (χ3n) is 10.00. The average Bonchev–Trinajstić information content (AvgIpc) is 3.22. The first-order valence-corrected chi connectivity index (χ1v) is 26.9. The van der Waals surface area contributed by atoms with Gasteiger partial charge in [0.1, 0.15) is 43.2 Å². The molecule has 372 valence electrons. The number of carbonyl (C=O) groups is 2. The quantitative estimate of drug-likeness (QED) is 0.00992. The van der Waals surface area contributed by atoms with Crippen LogP contribution in [0.1, 0.15) is 148 Å². The van der Waals surface area contributed by atoms with E-state index in [9.17, 15) is 63.1 Å². The standard InChI is InChI=1S/C42H74O19P3/c1-3-5-7-9-11-13-15-17-18-19-21-22-24-26-28-30-35(43)56-32-34(58-36(44)31-29-27-25-23-20-16-14-12-10-8-6-4-2)33-57-64(54,55)61-40-37(45)38(46)41(59-62(48,49)50)42(39(40)47)60-63(51,52)53/h2,4,8,10,14,16,23,25,34,37-42,45-47H,3,5-7,9,11-13,15,17-22,24,26-33H2,1H3,(H,54,55)(H2,48,49,50)(H2,51,52,53)/q-1/b10-8+,16-14+,25-23+/t34-,37-,38+,39+,40-,41-,42-/m1/s1. The van der Waals surface area contributed by atoms with Gasteiger partial charge in [-0.15, -0.1) is 0 Å². The van der Waals surface area contributed by atoms with E-state index in [0.29, 0.717) is 32.1 Å². The molecular formula is C42H74O19P3-. The molecule has 0 saturated heterocycles. The minimum atomic E-state index is -5.61. The Morgan fingerprint density at radius 1 is 0.547 bits per heavy atom. The molecule has 8 atom stereocenters. The Kier molecular flexibility index (Phi) is 32.3. The zero-order chi connectivity index (χ0) is 47.9. The van der Waals surface area contributed by atoms with E-state index < -0.39 is 91.3 Å². The molecule has 19 nitrogen and oxygen atoms in total. The molecule has 0 radical (unpaired) electrons. The van der Waals surface area contributed by atoms with Gasteiger partial charge in [0.05, 0.1) is 6.61 Å². The number of aliphatic hydroxyl groups is 3. The Balaban J connectivity index is 2.78. The molecule has 0 aromatic carbocycles. The summed E-state index contributed by atoms with van der Waals surface area (Å²) in [6.45, 7) is 6.01. The van der Waals surface area contributed by atoms with Crippen LogP contribution in [-0.2, 0) is 50.9 Å². The first kappa shape index (κ1) is 60.1. The lowest BCUT2D eigenvalue weighted by Crippen LogP contribution is -2.65. The molecule has 0 aromatic heterocycles. The van der Waals surface area contributed by atoms with Gasteiger partial charge in [-0.3, -0.25) is 33.8 Å². The molecule has 8 N–H and O–H groups in total. The highest BCUT2D eigenvalue weighted by atomic mass is 31.2. The Hall–Kier alpha value is -1.89. The van der Waals surface area contributed by atoms with Crippen LogP contribution in [0.25, 0.3) is 0 Å². The number of hydrogen-bond acceptors (Lipinski definition) is 14. The Bertz CT molecular complexity index is 1530. The molecular weight excluding hydrogens is 901 g/mol. The lowest BCUT2D eigenvalue weighted by Gasteiger charge is -2.44. The molecule has 1 aliphatic carbocycles. The largest absolute Gasteiger partial charge is 0.518 e. The average molecular weight is 976 g/mol. The van der Waals surface area contributed by atoms with Crippen molar-refractivity contribution in [3.8, 4) is 0 Å². The molecule has 1 fully saturated rings. The predicted octanol–water partition coefficient (Wildman–Crippen LogP) is 7.26. The highest BCUT2D eigenvalue weighted by Gasteiger charge is 2.56. The van der Waals surface area contributed by atoms with Gasteiger partial charge < -0.3 is 55.8 Å². The fourth-order valence-electron chi connectivity index (χ4n) is 6.67. The maximum atomic E-state index is 13.1. The van der Waals surface area contributed by atoms with E-state index in [4.69, 9.17) is 25.1 Å². The van der Waals surface area contributed by atoms with Crippen LogP contribution in [0, 0.1) is 6.58 Å². The molecule has 0 aromatic rings. The van der Waals surface area contributed by atoms with Gasteiger partial charge in [0, 0.05) is 12.8 Å². The monoisotopic (exact) mass is 975 g/mol. The number of unbranched alkanes of at least 4 members (excludes halogenated alkanes) is 15. The maximum Gasteiger partial charge on any atom is 0.472 e. The van der Waals surface area contributed by atoms with Gasteiger partial charge in [-0.25, -0.2) is 13.7 Å². The van der Waals surface area contributed by atoms with E-state index in [-0.39, 0.29) is 12.8 Å². The van der Waals surface area contributed by atoms with Gasteiger partial charge in [0.2, 0.25) is 0 Å². The molecule has 1 rings (SSSR count). The Morgan fingerprint density at radius 3 is 1.48 bits per heavy atom. The van der Waals surface area contributed by atoms with Gasteiger partial charge in [-0.2, -0.15) is 0 Å². The van der Waals surface area contributed by atoms with Crippen molar-refractivity contribution in [2.75, 3.05) is 13.2 Å². The van der Waals surface area contributed by atoms with Crippen molar-refractivity contribution in [2.24, 2.45) is 0 Å². The highest BCUT2D eigenvalue weighted by molar-refractivity contribution is 7.47. The molecule has 1 saturated carbocycles. The summed E-state index contributed by atoms with van der Waals surface area (Å²) in [5.41, 5.74) is 0. The summed E-state index contributed by atoms with van der Waals surface area (Å²) in [6.07, 6.45) is 17.1. The summed E-state index contributed by atoms with van der Waals surface area (Å²) in [5.74, 6) is -1.38. The lowest BCUT2D eigenvalue weighted by molar-refractivity contribution is -0.213. The summed E-state index contributed by atoms with van der Waals surface area (Å²) in [5, 5.41) is 31.8. The van der Waals surface area contributed by atoms with Crippen LogP contribution < -0.4 is 0 Å². The zero-order valence-corrected chi connectivity index (χ0v) is 39.7. The van der Waals surface area contributed by atoms with Crippen LogP contribution in [-0.4, -0.2) is 108 Å². The second-order valence-electron chi connectivity index (χ2n) is 15.7. The number of allylic oxidation sites excluding steroid dienone is 7. The van der Waals surface area contributed by atoms with E-state index in [2.05, 4.69) is 16.0 Å². The SMILES string of the molecule is [CH-]=CC/C=C/C/C=C/C/C=C/CCCC(=O)O[C@H](COC(=O)CCCCCCCCCCCCCCCCC)COP(=O)(O)O[C@@H]1[C@H](O)[C@H](O)[C@@H](OP(=O)(O)O)[C@H](OP(=O)(O)O)[C@H]1O. The van der Waals surface area contributed by atoms with Crippen molar-refractivity contribution in [3.05, 3.63) is 49.1 Å². The van der Waals surface area contributed by atoms with E-state index in [1.807, 2.05) is 36.5 Å². The minimum absolute atomic E-state index is 0.0665. The van der Waals surface area contributed by atoms with E-state index in [1.165, 1.54) is 64.2 Å². The molecule has 0 amide bonds. The predicted molar refractivity (Wildman–Crippen MR) is 237 cm³/mol. The first-order valence-electron chi connectivity index (χ1n) is 22.3. The third-order valence-corrected chi connectivity index (χ3v) is 12.0. The van der Waals surface area contributed by atoms with E-state index in [1.54, 1.807) is 6.08 Å². The van der Waals surface area contributed by atoms with Gasteiger partial charge in [0.15, 0.2) is 6.10 Å². The van der Waals surface area contributed by atoms with Gasteiger partial charge in [-0.05, 0) is 38.5 Å². The summed E-state index contributed by atoms with van der Waals surface area (Å²) in [7, 11) is -16.6. The van der Waals surface area contributed by atoms with Crippen LogP contribution >= 0.6 is 23.5 Å². The number of esters is 2. The lowest BCUT2D eigenvalue weighted by atomic mass is 9.85. The normalized spacial score (nSPS) is 22.3. The van der Waals surface area contributed by atoms with Crippen LogP contribution in [0.5, 0.6) is 0 Å². The van der Waals surface area contributed by atoms with Crippen LogP contribution in [0.2, 0.25) is 0 Å². The molecule has 0 bridgehead atoms. The number of rotatable bonds is 38. The second kappa shape index (κ2) is 34.4. The molecule has 0 spiro atoms.